The van der Waals surface area contributed by atoms with E-state index in [1.807, 2.05) is 0 Å². The minimum absolute atomic E-state index is 0. The second kappa shape index (κ2) is 83.3. The molecule has 38 heavy (non-hydrogen) atoms. The molecule has 38 heteroatoms. The smallest absolute Gasteiger partial charge is 0.412 e. The van der Waals surface area contributed by atoms with E-state index in [2.05, 4.69) is 0 Å². The van der Waals surface area contributed by atoms with Crippen molar-refractivity contribution in [2.24, 2.45) is 0 Å². The van der Waals surface area contributed by atoms with E-state index in [-0.39, 0.29) is 81.0 Å². The first kappa shape index (κ1) is 90.1. The van der Waals surface area contributed by atoms with Crippen LogP contribution < -0.4 is 59.1 Å². The van der Waals surface area contributed by atoms with E-state index in [4.69, 9.17) is 121 Å². The molecule has 0 radical (unpaired) electrons. The quantitative estimate of drug-likeness (QED) is 0.113. The summed E-state index contributed by atoms with van der Waals surface area (Å²) in [5, 5.41) is 172. The van der Waals surface area contributed by atoms with Crippen LogP contribution in [0.25, 0.3) is 0 Å². The van der Waals surface area contributed by atoms with Crippen molar-refractivity contribution in [3.05, 3.63) is 0 Å². The summed E-state index contributed by atoms with van der Waals surface area (Å²) in [5.74, 6) is 0. The summed E-state index contributed by atoms with van der Waals surface area (Å²) in [4.78, 5) is 0. The van der Waals surface area contributed by atoms with Gasteiger partial charge in [0.05, 0.1) is 0 Å². The summed E-state index contributed by atoms with van der Waals surface area (Å²) in [5.41, 5.74) is 0. The average Bonchev–Trinajstić information content (AvgIpc) is 2.30. The van der Waals surface area contributed by atoms with Crippen molar-refractivity contribution >= 4 is 58.6 Å². The molecule has 0 bridgehead atoms. The Kier molecular flexibility index (Phi) is 197. The number of rotatable bonds is 0. The van der Waals surface area contributed by atoms with Gasteiger partial charge < -0.3 is 142 Å². The molecular formula is H32B8Na2O28+2. The van der Waals surface area contributed by atoms with Crippen molar-refractivity contribution in [3.8, 4) is 0 Å². The van der Waals surface area contributed by atoms with Gasteiger partial charge in [0, 0.05) is 0 Å². The van der Waals surface area contributed by atoms with Crippen LogP contribution in [0.5, 0.6) is 0 Å². The van der Waals surface area contributed by atoms with Crippen molar-refractivity contribution in [1.29, 1.82) is 0 Å². The standard InChI is InChI=1S/8BH3O3.2Na.4H2O/c8*2-1(3)4;;;;;;/h8*2-4H;;;4*1H2/q;;;;;;;;2*+1;;;;. The van der Waals surface area contributed by atoms with E-state index in [1.165, 1.54) is 0 Å². The van der Waals surface area contributed by atoms with Gasteiger partial charge in [0.2, 0.25) is 0 Å². The van der Waals surface area contributed by atoms with Crippen LogP contribution in [-0.4, -0.2) is 201 Å². The summed E-state index contributed by atoms with van der Waals surface area (Å²) in [6, 6.07) is 0. The zero-order chi connectivity index (χ0) is 28.6. The van der Waals surface area contributed by atoms with E-state index in [1.54, 1.807) is 0 Å². The Balaban J connectivity index is -0.0000000141. The van der Waals surface area contributed by atoms with Gasteiger partial charge in [0.25, 0.3) is 0 Å². The fraction of sp³-hybridized carbons (Fsp3) is 0. The van der Waals surface area contributed by atoms with Gasteiger partial charge >= 0.3 is 118 Å². The largest absolute Gasteiger partial charge is 1.00 e. The van der Waals surface area contributed by atoms with Gasteiger partial charge in [-0.05, 0) is 0 Å². The van der Waals surface area contributed by atoms with Crippen LogP contribution in [0.1, 0.15) is 0 Å². The van der Waals surface area contributed by atoms with E-state index in [0.717, 1.165) is 0 Å². The molecule has 0 saturated heterocycles. The molecule has 28 nitrogen and oxygen atoms in total. The third kappa shape index (κ3) is 25300. The molecule has 0 atom stereocenters. The van der Waals surface area contributed by atoms with Gasteiger partial charge in [-0.3, -0.25) is 0 Å². The maximum atomic E-state index is 7.17. The fourth-order valence-corrected chi connectivity index (χ4v) is 0. The van der Waals surface area contributed by atoms with Crippen molar-refractivity contribution in [2.45, 2.75) is 0 Å². The van der Waals surface area contributed by atoms with Crippen LogP contribution in [0.3, 0.4) is 0 Å². The van der Waals surface area contributed by atoms with Crippen LogP contribution in [0, 0.1) is 0 Å². The minimum atomic E-state index is -2.17. The van der Waals surface area contributed by atoms with Gasteiger partial charge in [0.15, 0.2) is 0 Å². The Bertz CT molecular complexity index is 149. The van der Waals surface area contributed by atoms with Gasteiger partial charge in [-0.25, -0.2) is 0 Å². The SMILES string of the molecule is O.O.O.O.OB(O)O.OB(O)O.OB(O)O.OB(O)O.OB(O)O.OB(O)O.OB(O)O.OB(O)O.[Na+].[Na+]. The molecule has 0 amide bonds. The van der Waals surface area contributed by atoms with Gasteiger partial charge in [0.1, 0.15) is 0 Å². The van der Waals surface area contributed by atoms with Crippen molar-refractivity contribution in [2.75, 3.05) is 0 Å². The van der Waals surface area contributed by atoms with Gasteiger partial charge in [-0.15, -0.1) is 0 Å². The van der Waals surface area contributed by atoms with Crippen LogP contribution in [0.4, 0.5) is 0 Å². The van der Waals surface area contributed by atoms with E-state index < -0.39 is 58.6 Å². The van der Waals surface area contributed by atoms with Crippen LogP contribution in [0.2, 0.25) is 0 Å². The zero-order valence-corrected chi connectivity index (χ0v) is 23.4. The maximum absolute atomic E-state index is 7.17. The molecule has 0 rings (SSSR count). The Labute approximate surface area is 259 Å². The minimum Gasteiger partial charge on any atom is -0.412 e. The Morgan fingerprint density at radius 1 is 0.158 bits per heavy atom. The van der Waals surface area contributed by atoms with Crippen molar-refractivity contribution < 1.29 is 202 Å². The number of hydrogen-bond acceptors (Lipinski definition) is 24. The topological polar surface area (TPSA) is 612 Å². The van der Waals surface area contributed by atoms with Crippen LogP contribution in [0.15, 0.2) is 0 Å². The summed E-state index contributed by atoms with van der Waals surface area (Å²) in [6.45, 7) is 0. The first-order valence-corrected chi connectivity index (χ1v) is 6.20. The molecule has 0 aromatic heterocycles. The summed E-state index contributed by atoms with van der Waals surface area (Å²) >= 11 is 0. The van der Waals surface area contributed by atoms with Crippen LogP contribution in [-0.2, 0) is 0 Å². The van der Waals surface area contributed by atoms with Gasteiger partial charge in [-0.2, -0.15) is 0 Å². The monoisotopic (exact) mass is 614 g/mol. The molecule has 0 aromatic rings. The third-order valence-electron chi connectivity index (χ3n) is 0. The molecule has 0 heterocycles. The first-order chi connectivity index (χ1) is 13.9. The average molecular weight is 613 g/mol. The molecule has 0 spiro atoms. The van der Waals surface area contributed by atoms with Crippen LogP contribution >= 0.6 is 0 Å². The summed E-state index contributed by atoms with van der Waals surface area (Å²) in [6.07, 6.45) is 0. The second-order valence-electron chi connectivity index (χ2n) is 2.77. The van der Waals surface area contributed by atoms with E-state index >= 15 is 0 Å². The molecule has 0 aliphatic heterocycles. The fourth-order valence-electron chi connectivity index (χ4n) is 0. The van der Waals surface area contributed by atoms with Gasteiger partial charge in [-0.1, -0.05) is 0 Å². The Morgan fingerprint density at radius 3 is 0.158 bits per heavy atom. The van der Waals surface area contributed by atoms with Crippen molar-refractivity contribution in [1.82, 2.24) is 0 Å². The molecule has 0 fully saturated rings. The molecule has 0 unspecified atom stereocenters. The van der Waals surface area contributed by atoms with Crippen molar-refractivity contribution in [3.63, 3.8) is 0 Å². The molecule has 0 saturated carbocycles. The van der Waals surface area contributed by atoms with E-state index in [9.17, 15) is 0 Å². The summed E-state index contributed by atoms with van der Waals surface area (Å²) < 4.78 is 0. The molecule has 0 aliphatic rings. The predicted molar refractivity (Wildman–Crippen MR) is 114 cm³/mol. The normalized spacial score (nSPS) is 5.68. The first-order valence-electron chi connectivity index (χ1n) is 6.20. The predicted octanol–water partition coefficient (Wildman–Crippen LogP) is -25.7. The number of hydrogen-bond donors (Lipinski definition) is 24. The molecule has 0 aromatic carbocycles. The zero-order valence-electron chi connectivity index (χ0n) is 19.4. The Morgan fingerprint density at radius 2 is 0.158 bits per heavy atom. The Hall–Kier alpha value is 1.40. The molecular weight excluding hydrogens is 580 g/mol. The molecule has 224 valence electrons. The second-order valence-corrected chi connectivity index (χ2v) is 2.77. The summed E-state index contributed by atoms with van der Waals surface area (Å²) in [7, 11) is -17.3. The third-order valence-corrected chi connectivity index (χ3v) is 0. The molecule has 0 aliphatic carbocycles. The van der Waals surface area contributed by atoms with E-state index in [0.29, 0.717) is 0 Å². The maximum Gasteiger partial charge on any atom is 1.00 e. The molecule has 32 N–H and O–H groups in total.